The largest absolute Gasteiger partial charge is 0.378 e. The molecular formula is C21H33N3O3. The second-order valence-electron chi connectivity index (χ2n) is 7.60. The van der Waals surface area contributed by atoms with Gasteiger partial charge < -0.3 is 20.7 Å². The fourth-order valence-electron chi connectivity index (χ4n) is 3.22. The van der Waals surface area contributed by atoms with Crippen LogP contribution in [-0.4, -0.2) is 55.1 Å². The molecule has 1 unspecified atom stereocenters. The van der Waals surface area contributed by atoms with E-state index in [-0.39, 0.29) is 23.8 Å². The number of hydrogen-bond acceptors (Lipinski definition) is 4. The molecule has 0 saturated carbocycles. The monoisotopic (exact) mass is 375 g/mol. The Labute approximate surface area is 162 Å². The first-order valence-electron chi connectivity index (χ1n) is 9.90. The number of benzene rings is 1. The summed E-state index contributed by atoms with van der Waals surface area (Å²) in [5.74, 6) is -0.196. The number of aryl methyl sites for hydroxylation is 1. The molecule has 150 valence electrons. The summed E-state index contributed by atoms with van der Waals surface area (Å²) in [6, 6.07) is 6.86. The van der Waals surface area contributed by atoms with Crippen LogP contribution in [0.1, 0.15) is 49.0 Å². The minimum absolute atomic E-state index is 0.00845. The molecule has 1 fully saturated rings. The molecule has 2 rings (SSSR count). The molecule has 0 aromatic heterocycles. The fraction of sp³-hybridized carbons (Fsp3) is 0.619. The van der Waals surface area contributed by atoms with Crippen molar-refractivity contribution in [1.29, 1.82) is 0 Å². The van der Waals surface area contributed by atoms with Crippen molar-refractivity contribution >= 4 is 11.8 Å². The van der Waals surface area contributed by atoms with Gasteiger partial charge in [-0.05, 0) is 50.8 Å². The van der Waals surface area contributed by atoms with Crippen molar-refractivity contribution in [2.24, 2.45) is 11.7 Å². The minimum Gasteiger partial charge on any atom is -0.378 e. The van der Waals surface area contributed by atoms with Gasteiger partial charge in [-0.1, -0.05) is 31.5 Å². The van der Waals surface area contributed by atoms with Crippen LogP contribution in [-0.2, 0) is 9.53 Å². The van der Waals surface area contributed by atoms with Crippen LogP contribution in [0.3, 0.4) is 0 Å². The zero-order valence-corrected chi connectivity index (χ0v) is 16.7. The summed E-state index contributed by atoms with van der Waals surface area (Å²) in [5.41, 5.74) is 7.16. The van der Waals surface area contributed by atoms with Gasteiger partial charge in [-0.15, -0.1) is 0 Å². The van der Waals surface area contributed by atoms with E-state index in [1.807, 2.05) is 37.8 Å². The van der Waals surface area contributed by atoms with Crippen LogP contribution in [0.15, 0.2) is 24.3 Å². The molecule has 1 aliphatic rings. The van der Waals surface area contributed by atoms with Crippen molar-refractivity contribution in [3.63, 3.8) is 0 Å². The third-order valence-electron chi connectivity index (χ3n) is 4.99. The fourth-order valence-corrected chi connectivity index (χ4v) is 3.22. The number of carbonyl (C=O) groups is 2. The van der Waals surface area contributed by atoms with Gasteiger partial charge in [0.25, 0.3) is 5.91 Å². The maximum absolute atomic E-state index is 13.0. The molecule has 1 aromatic carbocycles. The first kappa shape index (κ1) is 21.4. The highest BCUT2D eigenvalue weighted by atomic mass is 16.5. The highest BCUT2D eigenvalue weighted by molar-refractivity contribution is 5.97. The second kappa shape index (κ2) is 10.4. The maximum Gasteiger partial charge on any atom is 0.251 e. The average molecular weight is 376 g/mol. The molecule has 0 spiro atoms. The third-order valence-corrected chi connectivity index (χ3v) is 4.99. The molecular weight excluding hydrogens is 342 g/mol. The van der Waals surface area contributed by atoms with Gasteiger partial charge in [0.2, 0.25) is 5.91 Å². The summed E-state index contributed by atoms with van der Waals surface area (Å²) in [7, 11) is 0. The summed E-state index contributed by atoms with van der Waals surface area (Å²) >= 11 is 0. The summed E-state index contributed by atoms with van der Waals surface area (Å²) < 4.78 is 5.80. The molecule has 1 atom stereocenters. The average Bonchev–Trinajstić information content (AvgIpc) is 2.66. The van der Waals surface area contributed by atoms with E-state index < -0.39 is 6.04 Å². The van der Waals surface area contributed by atoms with E-state index in [1.54, 1.807) is 12.1 Å². The Morgan fingerprint density at radius 3 is 2.41 bits per heavy atom. The molecule has 6 heteroatoms. The lowest BCUT2D eigenvalue weighted by Gasteiger charge is -2.35. The number of nitrogens with zero attached hydrogens (tertiary/aromatic N) is 1. The standard InChI is InChI=1S/C21H33N3O3/c1-15(2)19(23-20(25)17-7-5-16(3)6-8-17)21(26)24-12-9-18(10-13-24)27-14-4-11-22/h5-8,15,18-19H,4,9-14,22H2,1-3H3,(H,23,25). The predicted molar refractivity (Wildman–Crippen MR) is 106 cm³/mol. The zero-order valence-electron chi connectivity index (χ0n) is 16.7. The number of carbonyl (C=O) groups excluding carboxylic acids is 2. The Morgan fingerprint density at radius 1 is 1.22 bits per heavy atom. The number of likely N-dealkylation sites (tertiary alicyclic amines) is 1. The van der Waals surface area contributed by atoms with Gasteiger partial charge in [0.1, 0.15) is 6.04 Å². The Hall–Kier alpha value is -1.92. The molecule has 1 aliphatic heterocycles. The van der Waals surface area contributed by atoms with Crippen molar-refractivity contribution < 1.29 is 14.3 Å². The lowest BCUT2D eigenvalue weighted by Crippen LogP contribution is -2.53. The van der Waals surface area contributed by atoms with Gasteiger partial charge in [0.05, 0.1) is 6.10 Å². The van der Waals surface area contributed by atoms with Gasteiger partial charge >= 0.3 is 0 Å². The molecule has 0 aliphatic carbocycles. The molecule has 0 radical (unpaired) electrons. The van der Waals surface area contributed by atoms with Crippen LogP contribution >= 0.6 is 0 Å². The van der Waals surface area contributed by atoms with Crippen molar-refractivity contribution in [1.82, 2.24) is 10.2 Å². The van der Waals surface area contributed by atoms with Gasteiger partial charge in [0, 0.05) is 25.3 Å². The summed E-state index contributed by atoms with van der Waals surface area (Å²) in [6.07, 6.45) is 2.71. The lowest BCUT2D eigenvalue weighted by molar-refractivity contribution is -0.137. The summed E-state index contributed by atoms with van der Waals surface area (Å²) in [4.78, 5) is 27.4. The van der Waals surface area contributed by atoms with Gasteiger partial charge in [-0.3, -0.25) is 9.59 Å². The Balaban J connectivity index is 1.91. The molecule has 3 N–H and O–H groups in total. The van der Waals surface area contributed by atoms with E-state index >= 15 is 0 Å². The lowest BCUT2D eigenvalue weighted by atomic mass is 9.99. The molecule has 2 amide bonds. The van der Waals surface area contributed by atoms with Crippen molar-refractivity contribution in [3.8, 4) is 0 Å². The first-order chi connectivity index (χ1) is 12.9. The number of ether oxygens (including phenoxy) is 1. The molecule has 1 saturated heterocycles. The quantitative estimate of drug-likeness (QED) is 0.682. The van der Waals surface area contributed by atoms with Crippen molar-refractivity contribution in [2.75, 3.05) is 26.2 Å². The maximum atomic E-state index is 13.0. The normalized spacial score (nSPS) is 16.4. The Morgan fingerprint density at radius 2 is 1.85 bits per heavy atom. The van der Waals surface area contributed by atoms with Crippen LogP contribution in [0.2, 0.25) is 0 Å². The second-order valence-corrected chi connectivity index (χ2v) is 7.60. The van der Waals surface area contributed by atoms with Crippen LogP contribution in [0.25, 0.3) is 0 Å². The molecule has 27 heavy (non-hydrogen) atoms. The number of nitrogens with one attached hydrogen (secondary N) is 1. The Bertz CT molecular complexity index is 608. The van der Waals surface area contributed by atoms with E-state index in [0.717, 1.165) is 24.8 Å². The zero-order chi connectivity index (χ0) is 19.8. The summed E-state index contributed by atoms with van der Waals surface area (Å²) in [5, 5.41) is 2.93. The molecule has 1 aromatic rings. The topological polar surface area (TPSA) is 84.7 Å². The first-order valence-corrected chi connectivity index (χ1v) is 9.90. The van der Waals surface area contributed by atoms with E-state index in [9.17, 15) is 9.59 Å². The van der Waals surface area contributed by atoms with Crippen molar-refractivity contribution in [3.05, 3.63) is 35.4 Å². The van der Waals surface area contributed by atoms with Gasteiger partial charge in [-0.25, -0.2) is 0 Å². The highest BCUT2D eigenvalue weighted by Gasteiger charge is 2.31. The number of nitrogens with two attached hydrogens (primary N) is 1. The van der Waals surface area contributed by atoms with Gasteiger partial charge in [0.15, 0.2) is 0 Å². The predicted octanol–water partition coefficient (Wildman–Crippen LogP) is 2.11. The van der Waals surface area contributed by atoms with E-state index in [4.69, 9.17) is 10.5 Å². The van der Waals surface area contributed by atoms with Crippen LogP contribution in [0.4, 0.5) is 0 Å². The third kappa shape index (κ3) is 6.33. The summed E-state index contributed by atoms with van der Waals surface area (Å²) in [6.45, 7) is 8.53. The smallest absolute Gasteiger partial charge is 0.251 e. The molecule has 6 nitrogen and oxygen atoms in total. The van der Waals surface area contributed by atoms with Crippen LogP contribution in [0.5, 0.6) is 0 Å². The van der Waals surface area contributed by atoms with E-state index in [1.165, 1.54) is 0 Å². The SMILES string of the molecule is Cc1ccc(C(=O)NC(C(=O)N2CCC(OCCCN)CC2)C(C)C)cc1. The van der Waals surface area contributed by atoms with Crippen molar-refractivity contribution in [2.45, 2.75) is 52.2 Å². The van der Waals surface area contributed by atoms with E-state index in [0.29, 0.717) is 31.8 Å². The number of rotatable bonds is 8. The molecule has 0 bridgehead atoms. The minimum atomic E-state index is -0.520. The number of amides is 2. The highest BCUT2D eigenvalue weighted by Crippen LogP contribution is 2.17. The van der Waals surface area contributed by atoms with Crippen LogP contribution in [0, 0.1) is 12.8 Å². The van der Waals surface area contributed by atoms with E-state index in [2.05, 4.69) is 5.32 Å². The Kier molecular flexibility index (Phi) is 8.25. The molecule has 1 heterocycles. The number of hydrogen-bond donors (Lipinski definition) is 2. The van der Waals surface area contributed by atoms with Crippen LogP contribution < -0.4 is 11.1 Å². The van der Waals surface area contributed by atoms with Gasteiger partial charge in [-0.2, -0.15) is 0 Å². The number of piperidine rings is 1.